The Morgan fingerprint density at radius 2 is 1.70 bits per heavy atom. The van der Waals surface area contributed by atoms with Crippen molar-refractivity contribution in [1.29, 1.82) is 0 Å². The second-order valence-electron chi connectivity index (χ2n) is 10.9. The molecular formula is C34H36F2N4O2S. The minimum Gasteiger partial charge on any atom is -0.336 e. The first-order valence-corrected chi connectivity index (χ1v) is 15.5. The molecule has 1 saturated heterocycles. The number of pyridine rings is 1. The quantitative estimate of drug-likeness (QED) is 0.232. The van der Waals surface area contributed by atoms with Crippen LogP contribution in [-0.2, 0) is 12.8 Å². The number of amides is 1. The third-order valence-corrected chi connectivity index (χ3v) is 8.56. The molecule has 0 radical (unpaired) electrons. The summed E-state index contributed by atoms with van der Waals surface area (Å²) in [4.78, 5) is 35.4. The van der Waals surface area contributed by atoms with Gasteiger partial charge in [-0.05, 0) is 50.0 Å². The topological polar surface area (TPSA) is 67.2 Å². The van der Waals surface area contributed by atoms with Gasteiger partial charge < -0.3 is 10.2 Å². The second kappa shape index (κ2) is 13.1. The molecule has 0 unspecified atom stereocenters. The number of nitrogens with one attached hydrogen (secondary N) is 1. The lowest BCUT2D eigenvalue weighted by atomic mass is 9.99. The summed E-state index contributed by atoms with van der Waals surface area (Å²) in [6.45, 7) is 10.6. The molecule has 0 bridgehead atoms. The summed E-state index contributed by atoms with van der Waals surface area (Å²) in [5, 5.41) is 5.58. The zero-order valence-electron chi connectivity index (χ0n) is 24.9. The summed E-state index contributed by atoms with van der Waals surface area (Å²) in [5.74, 6) is -0.129. The van der Waals surface area contributed by atoms with Crippen molar-refractivity contribution in [2.75, 3.05) is 26.2 Å². The molecule has 0 spiro atoms. The van der Waals surface area contributed by atoms with Crippen LogP contribution in [0.5, 0.6) is 0 Å². The Morgan fingerprint density at radius 3 is 2.28 bits per heavy atom. The summed E-state index contributed by atoms with van der Waals surface area (Å²) in [5.41, 5.74) is 6.08. The van der Waals surface area contributed by atoms with Crippen molar-refractivity contribution in [2.24, 2.45) is 0 Å². The second-order valence-corrected chi connectivity index (χ2v) is 11.7. The number of piperazine rings is 1. The fraction of sp³-hybridized carbons (Fsp3) is 0.324. The summed E-state index contributed by atoms with van der Waals surface area (Å²) in [6, 6.07) is 13.8. The number of carbonyl (C=O) groups excluding carboxylic acids is 1. The summed E-state index contributed by atoms with van der Waals surface area (Å²) >= 11 is 1.30. The van der Waals surface area contributed by atoms with Crippen LogP contribution in [0, 0.1) is 0 Å². The fourth-order valence-electron chi connectivity index (χ4n) is 5.46. The van der Waals surface area contributed by atoms with Crippen molar-refractivity contribution in [3.05, 3.63) is 97.8 Å². The van der Waals surface area contributed by atoms with Gasteiger partial charge in [0.2, 0.25) is 0 Å². The molecule has 1 aliphatic heterocycles. The monoisotopic (exact) mass is 602 g/mol. The van der Waals surface area contributed by atoms with Crippen LogP contribution in [0.4, 0.5) is 8.78 Å². The van der Waals surface area contributed by atoms with Crippen molar-refractivity contribution in [2.45, 2.75) is 47.0 Å². The Balaban J connectivity index is 1.78. The van der Waals surface area contributed by atoms with Crippen LogP contribution in [0.1, 0.15) is 66.9 Å². The van der Waals surface area contributed by atoms with E-state index in [4.69, 9.17) is 4.98 Å². The van der Waals surface area contributed by atoms with E-state index in [1.807, 2.05) is 48.4 Å². The van der Waals surface area contributed by atoms with Crippen LogP contribution in [0.25, 0.3) is 33.6 Å². The number of benzene rings is 2. The molecule has 1 fully saturated rings. The molecule has 43 heavy (non-hydrogen) atoms. The smallest absolute Gasteiger partial charge is 0.265 e. The highest BCUT2D eigenvalue weighted by Gasteiger charge is 2.27. The Labute approximate surface area is 254 Å². The van der Waals surface area contributed by atoms with E-state index in [1.165, 1.54) is 23.5 Å². The van der Waals surface area contributed by atoms with Crippen molar-refractivity contribution in [1.82, 2.24) is 19.8 Å². The summed E-state index contributed by atoms with van der Waals surface area (Å²) in [7, 11) is 0. The minimum absolute atomic E-state index is 0.0608. The SMILES string of the molecule is CCc1cccc(CC)c1-n1c(C=C(C)C)c(C(=O)N2CCNCC2)cc(-c2nc(-c3ccc(C(F)F)cc3)cs2)c1=O. The minimum atomic E-state index is -2.55. The zero-order valence-corrected chi connectivity index (χ0v) is 25.7. The molecule has 1 amide bonds. The molecule has 2 aromatic carbocycles. The van der Waals surface area contributed by atoms with Gasteiger partial charge in [-0.15, -0.1) is 11.3 Å². The van der Waals surface area contributed by atoms with Crippen LogP contribution in [0.15, 0.2) is 64.3 Å². The van der Waals surface area contributed by atoms with Crippen LogP contribution in [0.3, 0.4) is 0 Å². The number of allylic oxidation sites excluding steroid dienone is 1. The summed E-state index contributed by atoms with van der Waals surface area (Å²) in [6.07, 6.45) is 0.796. The van der Waals surface area contributed by atoms with Crippen LogP contribution >= 0.6 is 11.3 Å². The van der Waals surface area contributed by atoms with E-state index in [0.717, 1.165) is 22.4 Å². The lowest BCUT2D eigenvalue weighted by Gasteiger charge is -2.29. The van der Waals surface area contributed by atoms with Gasteiger partial charge in [-0.25, -0.2) is 13.8 Å². The third-order valence-electron chi connectivity index (χ3n) is 7.68. The average molecular weight is 603 g/mol. The number of aryl methyl sites for hydroxylation is 2. The molecule has 6 nitrogen and oxygen atoms in total. The number of halogens is 2. The lowest BCUT2D eigenvalue weighted by molar-refractivity contribution is 0.0735. The first-order chi connectivity index (χ1) is 20.7. The molecule has 0 saturated carbocycles. The molecule has 224 valence electrons. The largest absolute Gasteiger partial charge is 0.336 e. The van der Waals surface area contributed by atoms with E-state index in [-0.39, 0.29) is 17.0 Å². The van der Waals surface area contributed by atoms with E-state index >= 15 is 0 Å². The standard InChI is InChI=1S/C34H36F2N4O2S/c1-5-22-8-7-9-23(6-2)30(22)40-29(18-21(3)4)26(33(41)39-16-14-37-15-17-39)19-27(34(40)42)32-38-28(20-43-32)24-10-12-25(13-11-24)31(35)36/h7-13,18-20,31,37H,5-6,14-17H2,1-4H3. The number of nitrogens with zero attached hydrogens (tertiary/aromatic N) is 3. The molecular weight excluding hydrogens is 566 g/mol. The Kier molecular flexibility index (Phi) is 9.32. The number of hydrogen-bond donors (Lipinski definition) is 1. The van der Waals surface area contributed by atoms with Crippen molar-refractivity contribution in [3.8, 4) is 27.5 Å². The number of rotatable bonds is 8. The maximum atomic E-state index is 14.6. The van der Waals surface area contributed by atoms with E-state index < -0.39 is 6.43 Å². The lowest BCUT2D eigenvalue weighted by Crippen LogP contribution is -2.47. The molecule has 0 aliphatic carbocycles. The number of para-hydroxylation sites is 1. The van der Waals surface area contributed by atoms with Gasteiger partial charge in [-0.3, -0.25) is 14.2 Å². The first-order valence-electron chi connectivity index (χ1n) is 14.6. The van der Waals surface area contributed by atoms with E-state index in [2.05, 4.69) is 19.2 Å². The van der Waals surface area contributed by atoms with Crippen molar-refractivity contribution in [3.63, 3.8) is 0 Å². The van der Waals surface area contributed by atoms with Gasteiger partial charge in [-0.1, -0.05) is 61.9 Å². The van der Waals surface area contributed by atoms with Gasteiger partial charge in [0.15, 0.2) is 0 Å². The summed E-state index contributed by atoms with van der Waals surface area (Å²) < 4.78 is 28.0. The number of thiazole rings is 1. The molecule has 1 N–H and O–H groups in total. The highest BCUT2D eigenvalue weighted by Crippen LogP contribution is 2.32. The Bertz CT molecular complexity index is 1690. The van der Waals surface area contributed by atoms with Gasteiger partial charge >= 0.3 is 0 Å². The number of alkyl halides is 2. The maximum Gasteiger partial charge on any atom is 0.265 e. The normalized spacial score (nSPS) is 13.4. The number of carbonyl (C=O) groups is 1. The number of aromatic nitrogens is 2. The van der Waals surface area contributed by atoms with Crippen molar-refractivity contribution < 1.29 is 13.6 Å². The molecule has 1 aliphatic rings. The molecule has 9 heteroatoms. The van der Waals surface area contributed by atoms with E-state index in [0.29, 0.717) is 72.1 Å². The predicted molar refractivity (Wildman–Crippen MR) is 170 cm³/mol. The van der Waals surface area contributed by atoms with E-state index in [9.17, 15) is 18.4 Å². The third kappa shape index (κ3) is 6.24. The van der Waals surface area contributed by atoms with Gasteiger partial charge in [0, 0.05) is 42.7 Å². The van der Waals surface area contributed by atoms with Crippen LogP contribution in [-0.4, -0.2) is 46.5 Å². The Morgan fingerprint density at radius 1 is 1.05 bits per heavy atom. The Hall–Kier alpha value is -3.95. The van der Waals surface area contributed by atoms with Gasteiger partial charge in [0.1, 0.15) is 5.01 Å². The van der Waals surface area contributed by atoms with Gasteiger partial charge in [-0.2, -0.15) is 0 Å². The maximum absolute atomic E-state index is 14.6. The average Bonchev–Trinajstić information content (AvgIpc) is 3.51. The van der Waals surface area contributed by atoms with Gasteiger partial charge in [0.05, 0.1) is 28.2 Å². The molecule has 3 heterocycles. The zero-order chi connectivity index (χ0) is 30.7. The van der Waals surface area contributed by atoms with Gasteiger partial charge in [0.25, 0.3) is 17.9 Å². The molecule has 2 aromatic heterocycles. The fourth-order valence-corrected chi connectivity index (χ4v) is 6.30. The molecule has 5 rings (SSSR count). The highest BCUT2D eigenvalue weighted by molar-refractivity contribution is 7.13. The first kappa shape index (κ1) is 30.5. The molecule has 0 atom stereocenters. The van der Waals surface area contributed by atoms with Crippen LogP contribution in [0.2, 0.25) is 0 Å². The highest BCUT2D eigenvalue weighted by atomic mass is 32.1. The predicted octanol–water partition coefficient (Wildman–Crippen LogP) is 7.16. The van der Waals surface area contributed by atoms with E-state index in [1.54, 1.807) is 22.8 Å². The van der Waals surface area contributed by atoms with Crippen LogP contribution < -0.4 is 10.9 Å². The van der Waals surface area contributed by atoms with Crippen molar-refractivity contribution >= 4 is 23.3 Å². The molecule has 4 aromatic rings. The number of hydrogen-bond acceptors (Lipinski definition) is 5.